The average molecular weight is 1050 g/mol. The first-order valence-corrected chi connectivity index (χ1v) is 25.3. The van der Waals surface area contributed by atoms with E-state index in [2.05, 4.69) is 32.9 Å². The van der Waals surface area contributed by atoms with Gasteiger partial charge in [0.25, 0.3) is 11.5 Å². The number of hydrogen-bond donors (Lipinski definition) is 3. The molecule has 0 saturated carbocycles. The molecule has 74 heavy (non-hydrogen) atoms. The summed E-state index contributed by atoms with van der Waals surface area (Å²) >= 11 is 0. The molecule has 0 spiro atoms. The molecular formula is C52H60F4N8O9S. The summed E-state index contributed by atoms with van der Waals surface area (Å²) in [5.41, 5.74) is 4.37. The molecule has 0 aliphatic carbocycles. The number of fused-ring (bicyclic) bond motifs is 1. The summed E-state index contributed by atoms with van der Waals surface area (Å²) in [4.78, 5) is 27.0. The van der Waals surface area contributed by atoms with Crippen LogP contribution in [0.1, 0.15) is 29.1 Å². The second kappa shape index (κ2) is 24.9. The number of likely N-dealkylation sites (tertiary alicyclic amines) is 1. The van der Waals surface area contributed by atoms with Gasteiger partial charge in [-0.05, 0) is 87.3 Å². The quantitative estimate of drug-likeness (QED) is 0.0362. The van der Waals surface area contributed by atoms with Crippen LogP contribution in [0.5, 0.6) is 11.5 Å². The monoisotopic (exact) mass is 1050 g/mol. The number of nitrogens with zero attached hydrogens (tertiary/aromatic N) is 5. The van der Waals surface area contributed by atoms with E-state index in [1.807, 2.05) is 31.9 Å². The van der Waals surface area contributed by atoms with Crippen molar-refractivity contribution in [2.24, 2.45) is 0 Å². The van der Waals surface area contributed by atoms with Gasteiger partial charge in [-0.2, -0.15) is 17.5 Å². The van der Waals surface area contributed by atoms with Crippen LogP contribution in [-0.4, -0.2) is 143 Å². The fraction of sp³-hybridized carbons (Fsp3) is 0.404. The van der Waals surface area contributed by atoms with Crippen molar-refractivity contribution in [3.63, 3.8) is 0 Å². The van der Waals surface area contributed by atoms with Crippen LogP contribution in [0.3, 0.4) is 0 Å². The lowest BCUT2D eigenvalue weighted by molar-refractivity contribution is -0.140. The van der Waals surface area contributed by atoms with Gasteiger partial charge in [-0.15, -0.1) is 0 Å². The van der Waals surface area contributed by atoms with Crippen LogP contribution < -0.4 is 31.0 Å². The number of carbonyl (C=O) groups excluding carboxylic acids is 1. The van der Waals surface area contributed by atoms with Crippen molar-refractivity contribution in [2.45, 2.75) is 56.6 Å². The van der Waals surface area contributed by atoms with E-state index in [0.29, 0.717) is 46.8 Å². The molecule has 1 saturated heterocycles. The minimum Gasteiger partial charge on any atom is -0.495 e. The molecule has 2 atom stereocenters. The molecule has 3 aromatic carbocycles. The van der Waals surface area contributed by atoms with Gasteiger partial charge in [0.15, 0.2) is 6.61 Å². The van der Waals surface area contributed by atoms with E-state index < -0.39 is 35.0 Å². The standard InChI is InChI=1S/C52H60F4N8O9S/c1-35-51(36(2)73-60-35)38-14-17-50(66)63(31-38)30-37-9-6-11-40(27-37)72-33-49(65)58-20-23-70-25-26-71-24-22-62(4)74(67,68)41-15-16-46(48(29-41)69-5)57-19-8-10-39-28-42-44(59-45-18-21-61(3)32-43(45)53)12-7-13-47(42)64(39)34-52(54,55)56/h6-7,9,11-17,27-29,31,43,45,57,59H,18-26,30,32-34H2,1-5H3,(H,58,65)/t43-,45?/m0/s1. The van der Waals surface area contributed by atoms with Crippen LogP contribution in [0, 0.1) is 25.7 Å². The molecule has 3 aromatic heterocycles. The summed E-state index contributed by atoms with van der Waals surface area (Å²) < 4.78 is 115. The van der Waals surface area contributed by atoms with E-state index in [0.717, 1.165) is 31.3 Å². The Morgan fingerprint density at radius 2 is 1.77 bits per heavy atom. The van der Waals surface area contributed by atoms with Crippen molar-refractivity contribution in [1.82, 2.24) is 28.8 Å². The number of halogens is 4. The molecule has 1 aliphatic rings. The maximum atomic E-state index is 14.9. The molecule has 1 unspecified atom stereocenters. The number of aryl methyl sites for hydroxylation is 2. The van der Waals surface area contributed by atoms with Crippen LogP contribution in [0.15, 0.2) is 99.3 Å². The molecule has 7 rings (SSSR count). The molecular weight excluding hydrogens is 989 g/mol. The molecule has 0 radical (unpaired) electrons. The van der Waals surface area contributed by atoms with E-state index >= 15 is 0 Å². The molecule has 6 aromatic rings. The van der Waals surface area contributed by atoms with Crippen molar-refractivity contribution in [1.29, 1.82) is 0 Å². The summed E-state index contributed by atoms with van der Waals surface area (Å²) in [6, 6.07) is 20.7. The Balaban J connectivity index is 0.811. The number of nitrogens with one attached hydrogen (secondary N) is 3. The van der Waals surface area contributed by atoms with Gasteiger partial charge in [0.1, 0.15) is 30.0 Å². The first kappa shape index (κ1) is 54.9. The van der Waals surface area contributed by atoms with Crippen molar-refractivity contribution in [3.05, 3.63) is 118 Å². The molecule has 1 fully saturated rings. The Morgan fingerprint density at radius 1 is 0.986 bits per heavy atom. The highest BCUT2D eigenvalue weighted by Gasteiger charge is 2.31. The highest BCUT2D eigenvalue weighted by Crippen LogP contribution is 2.33. The fourth-order valence-electron chi connectivity index (χ4n) is 8.44. The Hall–Kier alpha value is -6.90. The van der Waals surface area contributed by atoms with E-state index in [1.54, 1.807) is 59.3 Å². The van der Waals surface area contributed by atoms with Gasteiger partial charge in [0, 0.05) is 73.8 Å². The molecule has 17 nitrogen and oxygen atoms in total. The zero-order chi connectivity index (χ0) is 53.0. The van der Waals surface area contributed by atoms with E-state index in [9.17, 15) is 35.6 Å². The highest BCUT2D eigenvalue weighted by atomic mass is 32.2. The van der Waals surface area contributed by atoms with Crippen LogP contribution >= 0.6 is 0 Å². The third kappa shape index (κ3) is 14.4. The first-order valence-electron chi connectivity index (χ1n) is 23.8. The largest absolute Gasteiger partial charge is 0.495 e. The Labute approximate surface area is 426 Å². The van der Waals surface area contributed by atoms with Crippen LogP contribution in [0.2, 0.25) is 0 Å². The van der Waals surface area contributed by atoms with Gasteiger partial charge in [-0.3, -0.25) is 9.59 Å². The number of carbonyl (C=O) groups is 1. The van der Waals surface area contributed by atoms with Crippen LogP contribution in [0.4, 0.5) is 28.9 Å². The maximum absolute atomic E-state index is 14.9. The molecule has 1 amide bonds. The normalized spacial score (nSPS) is 15.2. The van der Waals surface area contributed by atoms with Gasteiger partial charge in [-0.25, -0.2) is 12.8 Å². The number of piperidine rings is 1. The topological polar surface area (TPSA) is 184 Å². The molecule has 22 heteroatoms. The Kier molecular flexibility index (Phi) is 18.4. The molecule has 1 aliphatic heterocycles. The number of benzene rings is 3. The number of sulfonamides is 1. The van der Waals surface area contributed by atoms with E-state index in [-0.39, 0.29) is 93.6 Å². The van der Waals surface area contributed by atoms with E-state index in [1.165, 1.54) is 38.4 Å². The fourth-order valence-corrected chi connectivity index (χ4v) is 9.61. The van der Waals surface area contributed by atoms with Crippen molar-refractivity contribution >= 4 is 38.2 Å². The molecule has 3 N–H and O–H groups in total. The number of rotatable bonds is 23. The average Bonchev–Trinajstić information content (AvgIpc) is 3.89. The third-order valence-electron chi connectivity index (χ3n) is 12.3. The molecule has 4 heterocycles. The number of methoxy groups -OCH3 is 1. The molecule has 396 valence electrons. The number of amides is 1. The number of ether oxygens (including phenoxy) is 4. The number of pyridine rings is 1. The first-order chi connectivity index (χ1) is 35.4. The predicted molar refractivity (Wildman–Crippen MR) is 272 cm³/mol. The van der Waals surface area contributed by atoms with Crippen LogP contribution in [0.25, 0.3) is 22.0 Å². The zero-order valence-corrected chi connectivity index (χ0v) is 42.6. The molecule has 0 bridgehead atoms. The number of hydrogen-bond acceptors (Lipinski definition) is 13. The maximum Gasteiger partial charge on any atom is 0.406 e. The minimum absolute atomic E-state index is 0.0163. The van der Waals surface area contributed by atoms with E-state index in [4.69, 9.17) is 23.5 Å². The summed E-state index contributed by atoms with van der Waals surface area (Å²) in [5.74, 6) is 6.69. The van der Waals surface area contributed by atoms with Gasteiger partial charge in [0.2, 0.25) is 10.0 Å². The summed E-state index contributed by atoms with van der Waals surface area (Å²) in [7, 11) is 0.667. The van der Waals surface area contributed by atoms with Crippen molar-refractivity contribution < 1.29 is 54.2 Å². The SMILES string of the molecule is COc1cc(S(=O)(=O)N(C)CCOCCOCCNC(=O)COc2cccc(Cn3cc(-c4c(C)noc4C)ccc3=O)c2)ccc1NCC#Cc1cc2c(NC3CCN(C)C[C@@H]3F)cccc2n1CC(F)(F)F. The second-order valence-electron chi connectivity index (χ2n) is 17.7. The smallest absolute Gasteiger partial charge is 0.406 e. The second-order valence-corrected chi connectivity index (χ2v) is 19.8. The van der Waals surface area contributed by atoms with Gasteiger partial charge >= 0.3 is 6.18 Å². The van der Waals surface area contributed by atoms with Gasteiger partial charge < -0.3 is 53.5 Å². The Morgan fingerprint density at radius 3 is 2.51 bits per heavy atom. The van der Waals surface area contributed by atoms with Crippen molar-refractivity contribution in [3.8, 4) is 34.5 Å². The lowest BCUT2D eigenvalue weighted by Crippen LogP contribution is -2.46. The number of alkyl halides is 4. The number of likely N-dealkylation sites (N-methyl/N-ethyl adjacent to an activating group) is 1. The lowest BCUT2D eigenvalue weighted by Gasteiger charge is -2.33. The van der Waals surface area contributed by atoms with Crippen LogP contribution in [-0.2, 0) is 37.4 Å². The summed E-state index contributed by atoms with van der Waals surface area (Å²) in [5, 5.41) is 13.5. The predicted octanol–water partition coefficient (Wildman–Crippen LogP) is 6.46. The minimum atomic E-state index is -4.53. The summed E-state index contributed by atoms with van der Waals surface area (Å²) in [6.07, 6.45) is -3.38. The third-order valence-corrected chi connectivity index (χ3v) is 14.1. The van der Waals surface area contributed by atoms with Gasteiger partial charge in [-0.1, -0.05) is 29.3 Å². The van der Waals surface area contributed by atoms with Gasteiger partial charge in [0.05, 0.1) is 80.2 Å². The number of anilines is 2. The van der Waals surface area contributed by atoms with Crippen molar-refractivity contribution in [2.75, 3.05) is 97.6 Å². The summed E-state index contributed by atoms with van der Waals surface area (Å²) in [6.45, 7) is 4.28. The lowest BCUT2D eigenvalue weighted by atomic mass is 10.0. The highest BCUT2D eigenvalue weighted by molar-refractivity contribution is 7.89. The Bertz CT molecular complexity index is 3110. The zero-order valence-electron chi connectivity index (χ0n) is 41.8. The number of aromatic nitrogens is 3.